The van der Waals surface area contributed by atoms with E-state index in [-0.39, 0.29) is 30.0 Å². The number of ether oxygens (including phenoxy) is 2. The van der Waals surface area contributed by atoms with Crippen molar-refractivity contribution in [1.82, 2.24) is 9.78 Å². The molecular weight excluding hydrogens is 476 g/mol. The van der Waals surface area contributed by atoms with Crippen LogP contribution in [0.1, 0.15) is 47.2 Å². The van der Waals surface area contributed by atoms with Gasteiger partial charge in [-0.05, 0) is 66.5 Å². The second-order valence-corrected chi connectivity index (χ2v) is 9.63. The van der Waals surface area contributed by atoms with Crippen LogP contribution in [-0.4, -0.2) is 29.0 Å². The maximum atomic E-state index is 12.9. The number of aromatic nitrogens is 2. The fourth-order valence-corrected chi connectivity index (χ4v) is 5.30. The molecule has 4 aromatic rings. The van der Waals surface area contributed by atoms with Gasteiger partial charge in [-0.1, -0.05) is 72.8 Å². The number of hydrogen-bond donors (Lipinski definition) is 0. The molecule has 6 heteroatoms. The average Bonchev–Trinajstić information content (AvgIpc) is 2.95. The van der Waals surface area contributed by atoms with Crippen LogP contribution >= 0.6 is 0 Å². The molecule has 1 aliphatic carbocycles. The normalized spacial score (nSPS) is 14.6. The lowest BCUT2D eigenvalue weighted by Gasteiger charge is -2.27. The summed E-state index contributed by atoms with van der Waals surface area (Å²) in [6, 6.07) is 30.0. The Morgan fingerprint density at radius 3 is 2.34 bits per heavy atom. The Bertz CT molecular complexity index is 1390. The van der Waals surface area contributed by atoms with Crippen LogP contribution in [0.4, 0.5) is 0 Å². The van der Waals surface area contributed by atoms with Crippen molar-refractivity contribution in [2.24, 2.45) is 5.92 Å². The van der Waals surface area contributed by atoms with Gasteiger partial charge in [0.2, 0.25) is 0 Å². The Balaban J connectivity index is 1.36. The van der Waals surface area contributed by atoms with Crippen molar-refractivity contribution in [1.29, 1.82) is 0 Å². The summed E-state index contributed by atoms with van der Waals surface area (Å²) in [5.41, 5.74) is 5.36. The van der Waals surface area contributed by atoms with Gasteiger partial charge < -0.3 is 9.47 Å². The van der Waals surface area contributed by atoms with Gasteiger partial charge in [0, 0.05) is 12.6 Å². The molecule has 0 unspecified atom stereocenters. The third-order valence-electron chi connectivity index (χ3n) is 7.07. The molecule has 0 saturated heterocycles. The number of nitrogens with zero attached hydrogens (tertiary/aromatic N) is 2. The van der Waals surface area contributed by atoms with Gasteiger partial charge in [-0.25, -0.2) is 9.48 Å². The van der Waals surface area contributed by atoms with Gasteiger partial charge >= 0.3 is 5.97 Å². The van der Waals surface area contributed by atoms with Crippen LogP contribution in [0.15, 0.2) is 95.8 Å². The molecule has 0 amide bonds. The first-order valence-electron chi connectivity index (χ1n) is 13.2. The van der Waals surface area contributed by atoms with Crippen LogP contribution in [0.5, 0.6) is 5.75 Å². The monoisotopic (exact) mass is 508 g/mol. The zero-order chi connectivity index (χ0) is 26.3. The summed E-state index contributed by atoms with van der Waals surface area (Å²) < 4.78 is 12.4. The van der Waals surface area contributed by atoms with E-state index in [1.807, 2.05) is 54.6 Å². The summed E-state index contributed by atoms with van der Waals surface area (Å²) in [4.78, 5) is 24.6. The van der Waals surface area contributed by atoms with E-state index < -0.39 is 0 Å². The zero-order valence-electron chi connectivity index (χ0n) is 21.6. The van der Waals surface area contributed by atoms with Crippen LogP contribution in [-0.2, 0) is 28.9 Å². The maximum Gasteiger partial charge on any atom is 0.344 e. The molecule has 3 aromatic carbocycles. The molecular formula is C32H32N2O4. The molecule has 0 radical (unpaired) electrons. The molecule has 0 N–H and O–H groups in total. The molecule has 0 saturated carbocycles. The standard InChI is InChI=1S/C32H32N2O4/c1-2-37-31(36)22-38-29-15-9-14-26-20-23(16-17-27(26)29)21-34-30(35)19-18-28(33-34)32(24-10-5-3-6-11-24)25-12-7-4-8-13-25/h3-15,18-19,23,32H,2,16-17,20-22H2,1H3/t23-/m0/s1. The van der Waals surface area contributed by atoms with Crippen molar-refractivity contribution >= 4 is 5.97 Å². The predicted octanol–water partition coefficient (Wildman–Crippen LogP) is 5.17. The molecule has 6 nitrogen and oxygen atoms in total. The molecule has 0 bridgehead atoms. The van der Waals surface area contributed by atoms with Crippen LogP contribution in [0.3, 0.4) is 0 Å². The third-order valence-corrected chi connectivity index (χ3v) is 7.07. The molecule has 5 rings (SSSR count). The van der Waals surface area contributed by atoms with Crippen molar-refractivity contribution in [3.8, 4) is 5.75 Å². The van der Waals surface area contributed by atoms with Gasteiger partial charge in [-0.15, -0.1) is 0 Å². The van der Waals surface area contributed by atoms with E-state index in [2.05, 4.69) is 30.3 Å². The van der Waals surface area contributed by atoms with Crippen molar-refractivity contribution in [3.05, 3.63) is 129 Å². The van der Waals surface area contributed by atoms with Gasteiger partial charge in [-0.3, -0.25) is 4.79 Å². The first-order valence-corrected chi connectivity index (χ1v) is 13.2. The largest absolute Gasteiger partial charge is 0.482 e. The van der Waals surface area contributed by atoms with E-state index in [0.717, 1.165) is 47.4 Å². The molecule has 0 aliphatic heterocycles. The number of carbonyl (C=O) groups excluding carboxylic acids is 1. The number of hydrogen-bond acceptors (Lipinski definition) is 5. The summed E-state index contributed by atoms with van der Waals surface area (Å²) in [6.07, 6.45) is 2.56. The Morgan fingerprint density at radius 2 is 1.66 bits per heavy atom. The SMILES string of the molecule is CCOC(=O)COc1cccc2c1CC[C@H](Cn1nc(C(c3ccccc3)c3ccccc3)ccc1=O)C2. The number of fused-ring (bicyclic) bond motifs is 1. The first kappa shape index (κ1) is 25.5. The van der Waals surface area contributed by atoms with Gasteiger partial charge in [-0.2, -0.15) is 5.10 Å². The van der Waals surface area contributed by atoms with Crippen molar-refractivity contribution < 1.29 is 14.3 Å². The molecule has 0 fully saturated rings. The highest BCUT2D eigenvalue weighted by Gasteiger charge is 2.24. The van der Waals surface area contributed by atoms with E-state index >= 15 is 0 Å². The highest BCUT2D eigenvalue weighted by atomic mass is 16.6. The number of esters is 1. The molecule has 1 atom stereocenters. The Morgan fingerprint density at radius 1 is 0.947 bits per heavy atom. The van der Waals surface area contributed by atoms with Crippen LogP contribution in [0.25, 0.3) is 0 Å². The fraction of sp³-hybridized carbons (Fsp3) is 0.281. The fourth-order valence-electron chi connectivity index (χ4n) is 5.30. The smallest absolute Gasteiger partial charge is 0.344 e. The lowest BCUT2D eigenvalue weighted by Crippen LogP contribution is -2.30. The summed E-state index contributed by atoms with van der Waals surface area (Å²) >= 11 is 0. The maximum absolute atomic E-state index is 12.9. The number of carbonyl (C=O) groups is 1. The summed E-state index contributed by atoms with van der Waals surface area (Å²) in [5.74, 6) is 0.582. The summed E-state index contributed by atoms with van der Waals surface area (Å²) in [7, 11) is 0. The van der Waals surface area contributed by atoms with E-state index in [4.69, 9.17) is 14.6 Å². The quantitative estimate of drug-likeness (QED) is 0.292. The summed E-state index contributed by atoms with van der Waals surface area (Å²) in [6.45, 7) is 2.57. The van der Waals surface area contributed by atoms with Gasteiger partial charge in [0.05, 0.1) is 18.2 Å². The molecule has 38 heavy (non-hydrogen) atoms. The highest BCUT2D eigenvalue weighted by molar-refractivity contribution is 5.71. The molecule has 1 aromatic heterocycles. The third kappa shape index (κ3) is 5.86. The topological polar surface area (TPSA) is 70.4 Å². The van der Waals surface area contributed by atoms with Gasteiger partial charge in [0.25, 0.3) is 5.56 Å². The number of rotatable bonds is 9. The van der Waals surface area contributed by atoms with E-state index in [1.54, 1.807) is 17.7 Å². The van der Waals surface area contributed by atoms with E-state index in [0.29, 0.717) is 13.2 Å². The lowest BCUT2D eigenvalue weighted by molar-refractivity contribution is -0.145. The average molecular weight is 509 g/mol. The molecule has 194 valence electrons. The minimum absolute atomic E-state index is 0.0598. The highest BCUT2D eigenvalue weighted by Crippen LogP contribution is 2.33. The Labute approximate surface area is 222 Å². The molecule has 1 heterocycles. The summed E-state index contributed by atoms with van der Waals surface area (Å²) in [5, 5.41) is 4.89. The molecule has 0 spiro atoms. The van der Waals surface area contributed by atoms with Crippen molar-refractivity contribution in [3.63, 3.8) is 0 Å². The predicted molar refractivity (Wildman–Crippen MR) is 146 cm³/mol. The number of benzene rings is 3. The zero-order valence-corrected chi connectivity index (χ0v) is 21.6. The van der Waals surface area contributed by atoms with Crippen LogP contribution < -0.4 is 10.3 Å². The Hall–Kier alpha value is -4.19. The first-order chi connectivity index (χ1) is 18.6. The second kappa shape index (κ2) is 11.9. The molecule has 1 aliphatic rings. The van der Waals surface area contributed by atoms with Crippen molar-refractivity contribution in [2.75, 3.05) is 13.2 Å². The van der Waals surface area contributed by atoms with E-state index in [1.165, 1.54) is 5.56 Å². The van der Waals surface area contributed by atoms with Gasteiger partial charge in [0.1, 0.15) is 5.75 Å². The van der Waals surface area contributed by atoms with Crippen LogP contribution in [0.2, 0.25) is 0 Å². The lowest BCUT2D eigenvalue weighted by atomic mass is 9.83. The minimum Gasteiger partial charge on any atom is -0.482 e. The van der Waals surface area contributed by atoms with Crippen LogP contribution in [0, 0.1) is 5.92 Å². The Kier molecular flexibility index (Phi) is 7.98. The van der Waals surface area contributed by atoms with E-state index in [9.17, 15) is 9.59 Å². The van der Waals surface area contributed by atoms with Gasteiger partial charge in [0.15, 0.2) is 6.61 Å². The minimum atomic E-state index is -0.367. The second-order valence-electron chi connectivity index (χ2n) is 9.63. The van der Waals surface area contributed by atoms with Crippen molar-refractivity contribution in [2.45, 2.75) is 38.6 Å².